The van der Waals surface area contributed by atoms with E-state index >= 15 is 0 Å². The van der Waals surface area contributed by atoms with Crippen LogP contribution in [0, 0.1) is 5.41 Å². The number of rotatable bonds is 6. The average molecular weight is 249 g/mol. The molecule has 0 amide bonds. The minimum absolute atomic E-state index is 0.211. The Kier molecular flexibility index (Phi) is 4.28. The Bertz CT molecular complexity index is 399. The third kappa shape index (κ3) is 2.52. The zero-order valence-electron chi connectivity index (χ0n) is 11.3. The van der Waals surface area contributed by atoms with Crippen molar-refractivity contribution in [1.29, 1.82) is 5.41 Å². The summed E-state index contributed by atoms with van der Waals surface area (Å²) in [5, 5.41) is 11.7. The summed E-state index contributed by atoms with van der Waals surface area (Å²) in [6.07, 6.45) is 7.56. The topological polar surface area (TPSA) is 52.3 Å². The van der Waals surface area contributed by atoms with E-state index in [1.165, 1.54) is 12.8 Å². The molecule has 0 saturated carbocycles. The first-order valence-corrected chi connectivity index (χ1v) is 6.97. The first kappa shape index (κ1) is 13.0. The third-order valence-corrected chi connectivity index (χ3v) is 3.47. The number of furan rings is 1. The molecule has 0 radical (unpaired) electrons. The molecular formula is C14H23N3O. The summed E-state index contributed by atoms with van der Waals surface area (Å²) < 4.78 is 5.41. The largest absolute Gasteiger partial charge is 0.448 e. The molecule has 0 aromatic carbocycles. The van der Waals surface area contributed by atoms with Gasteiger partial charge in [-0.3, -0.25) is 5.41 Å². The van der Waals surface area contributed by atoms with E-state index in [4.69, 9.17) is 9.83 Å². The minimum Gasteiger partial charge on any atom is -0.448 e. The van der Waals surface area contributed by atoms with Gasteiger partial charge in [0.2, 0.25) is 5.88 Å². The average Bonchev–Trinajstić information content (AvgIpc) is 2.84. The Morgan fingerprint density at radius 1 is 1.33 bits per heavy atom. The van der Waals surface area contributed by atoms with Crippen LogP contribution in [0.2, 0.25) is 0 Å². The van der Waals surface area contributed by atoms with Crippen LogP contribution < -0.4 is 5.32 Å². The second-order valence-electron chi connectivity index (χ2n) is 4.86. The summed E-state index contributed by atoms with van der Waals surface area (Å²) in [5.74, 6) is 1.36. The molecule has 0 aliphatic carbocycles. The van der Waals surface area contributed by atoms with Crippen LogP contribution in [-0.4, -0.2) is 23.4 Å². The maximum atomic E-state index is 8.31. The summed E-state index contributed by atoms with van der Waals surface area (Å²) in [7, 11) is 0. The highest BCUT2D eigenvalue weighted by Gasteiger charge is 2.30. The lowest BCUT2D eigenvalue weighted by Crippen LogP contribution is -2.48. The van der Waals surface area contributed by atoms with Crippen molar-refractivity contribution in [2.45, 2.75) is 52.1 Å². The molecule has 1 aromatic rings. The molecule has 2 N–H and O–H groups in total. The third-order valence-electron chi connectivity index (χ3n) is 3.47. The smallest absolute Gasteiger partial charge is 0.205 e. The van der Waals surface area contributed by atoms with Gasteiger partial charge in [0, 0.05) is 6.54 Å². The Morgan fingerprint density at radius 3 is 2.83 bits per heavy atom. The highest BCUT2D eigenvalue weighted by molar-refractivity contribution is 6.02. The fraction of sp³-hybridized carbons (Fsp3) is 0.643. The molecule has 0 saturated heterocycles. The molecule has 2 rings (SSSR count). The molecule has 1 atom stereocenters. The van der Waals surface area contributed by atoms with Crippen LogP contribution in [0.5, 0.6) is 0 Å². The molecular weight excluding hydrogens is 226 g/mol. The van der Waals surface area contributed by atoms with Crippen molar-refractivity contribution in [3.05, 3.63) is 17.9 Å². The van der Waals surface area contributed by atoms with Gasteiger partial charge in [-0.05, 0) is 25.3 Å². The van der Waals surface area contributed by atoms with Gasteiger partial charge in [0.05, 0.1) is 11.8 Å². The van der Waals surface area contributed by atoms with E-state index in [2.05, 4.69) is 24.1 Å². The van der Waals surface area contributed by atoms with Crippen molar-refractivity contribution < 1.29 is 4.42 Å². The van der Waals surface area contributed by atoms with E-state index < -0.39 is 0 Å². The van der Waals surface area contributed by atoms with Crippen LogP contribution in [0.3, 0.4) is 0 Å². The van der Waals surface area contributed by atoms with E-state index in [0.29, 0.717) is 5.84 Å². The first-order valence-electron chi connectivity index (χ1n) is 6.97. The van der Waals surface area contributed by atoms with Gasteiger partial charge in [-0.15, -0.1) is 0 Å². The number of unbranched alkanes of at least 4 members (excludes halogenated alkanes) is 2. The van der Waals surface area contributed by atoms with Crippen LogP contribution in [-0.2, 0) is 0 Å². The van der Waals surface area contributed by atoms with Gasteiger partial charge in [0.1, 0.15) is 12.0 Å². The lowest BCUT2D eigenvalue weighted by Gasteiger charge is -2.38. The minimum atomic E-state index is 0.211. The fourth-order valence-corrected chi connectivity index (χ4v) is 2.37. The van der Waals surface area contributed by atoms with E-state index in [0.717, 1.165) is 37.3 Å². The second kappa shape index (κ2) is 5.94. The van der Waals surface area contributed by atoms with E-state index in [1.54, 1.807) is 6.26 Å². The summed E-state index contributed by atoms with van der Waals surface area (Å²) in [4.78, 5) is 2.18. The van der Waals surface area contributed by atoms with E-state index in [9.17, 15) is 0 Å². The normalized spacial score (nSPS) is 18.7. The Labute approximate surface area is 109 Å². The number of anilines is 1. The summed E-state index contributed by atoms with van der Waals surface area (Å²) >= 11 is 0. The number of hydrogen-bond acceptors (Lipinski definition) is 3. The first-order chi connectivity index (χ1) is 8.77. The van der Waals surface area contributed by atoms with Crippen LogP contribution in [0.1, 0.15) is 51.5 Å². The molecule has 18 heavy (non-hydrogen) atoms. The van der Waals surface area contributed by atoms with Gasteiger partial charge in [-0.1, -0.05) is 26.7 Å². The fourth-order valence-electron chi connectivity index (χ4n) is 2.37. The number of fused-ring (bicyclic) bond motifs is 1. The van der Waals surface area contributed by atoms with Gasteiger partial charge in [-0.25, -0.2) is 0 Å². The number of hydrogen-bond donors (Lipinski definition) is 2. The Morgan fingerprint density at radius 2 is 2.11 bits per heavy atom. The van der Waals surface area contributed by atoms with Crippen molar-refractivity contribution >= 4 is 11.7 Å². The Balaban J connectivity index is 2.14. The monoisotopic (exact) mass is 249 g/mol. The molecule has 1 aliphatic rings. The number of nitrogens with zero attached hydrogens (tertiary/aromatic N) is 1. The van der Waals surface area contributed by atoms with Crippen molar-refractivity contribution in [3.63, 3.8) is 0 Å². The molecule has 4 nitrogen and oxygen atoms in total. The van der Waals surface area contributed by atoms with Crippen molar-refractivity contribution in [2.75, 3.05) is 11.9 Å². The number of amidine groups is 1. The maximum Gasteiger partial charge on any atom is 0.205 e. The highest BCUT2D eigenvalue weighted by atomic mass is 16.3. The highest BCUT2D eigenvalue weighted by Crippen LogP contribution is 2.28. The molecule has 1 aliphatic heterocycles. The van der Waals surface area contributed by atoms with Gasteiger partial charge in [0.25, 0.3) is 0 Å². The molecule has 0 bridgehead atoms. The second-order valence-corrected chi connectivity index (χ2v) is 4.86. The maximum absolute atomic E-state index is 8.31. The molecule has 4 heteroatoms. The summed E-state index contributed by atoms with van der Waals surface area (Å²) in [6.45, 7) is 5.33. The predicted molar refractivity (Wildman–Crippen MR) is 74.1 cm³/mol. The molecule has 2 heterocycles. The molecule has 1 aromatic heterocycles. The lowest BCUT2D eigenvalue weighted by atomic mass is 10.1. The van der Waals surface area contributed by atoms with Crippen LogP contribution in [0.4, 0.5) is 5.88 Å². The van der Waals surface area contributed by atoms with Gasteiger partial charge >= 0.3 is 0 Å². The molecule has 100 valence electrons. The van der Waals surface area contributed by atoms with Gasteiger partial charge < -0.3 is 14.6 Å². The molecule has 0 fully saturated rings. The summed E-state index contributed by atoms with van der Waals surface area (Å²) in [6, 6.07) is 1.87. The van der Waals surface area contributed by atoms with E-state index in [-0.39, 0.29) is 6.17 Å². The van der Waals surface area contributed by atoms with Crippen LogP contribution >= 0.6 is 0 Å². The number of nitrogens with one attached hydrogen (secondary N) is 2. The summed E-state index contributed by atoms with van der Waals surface area (Å²) in [5.41, 5.74) is 0.888. The molecule has 1 unspecified atom stereocenters. The van der Waals surface area contributed by atoms with Crippen LogP contribution in [0.25, 0.3) is 0 Å². The lowest BCUT2D eigenvalue weighted by molar-refractivity contribution is 0.299. The molecule has 0 spiro atoms. The predicted octanol–water partition coefficient (Wildman–Crippen LogP) is 3.65. The van der Waals surface area contributed by atoms with Crippen molar-refractivity contribution in [3.8, 4) is 0 Å². The van der Waals surface area contributed by atoms with Crippen molar-refractivity contribution in [2.24, 2.45) is 0 Å². The van der Waals surface area contributed by atoms with Crippen LogP contribution in [0.15, 0.2) is 16.7 Å². The standard InChI is InChI=1S/C14H23N3O/c1-3-5-7-12-16-14-11(8-10-18-14)13(15)17(12)9-6-4-2/h8,10,12,15-16H,3-7,9H2,1-2H3. The quantitative estimate of drug-likeness (QED) is 0.809. The van der Waals surface area contributed by atoms with Crippen molar-refractivity contribution in [1.82, 2.24) is 4.90 Å². The zero-order chi connectivity index (χ0) is 13.0. The van der Waals surface area contributed by atoms with Gasteiger partial charge in [-0.2, -0.15) is 0 Å². The van der Waals surface area contributed by atoms with Gasteiger partial charge in [0.15, 0.2) is 0 Å². The van der Waals surface area contributed by atoms with E-state index in [1.807, 2.05) is 6.07 Å². The SMILES string of the molecule is CCCCC1Nc2occc2C(=N)N1CCCC. The zero-order valence-corrected chi connectivity index (χ0v) is 11.3. The Hall–Kier alpha value is -1.45.